The number of hydrogen-bond donors (Lipinski definition) is 2. The van der Waals surface area contributed by atoms with Gasteiger partial charge in [-0.15, -0.1) is 0 Å². The van der Waals surface area contributed by atoms with Crippen LogP contribution >= 0.6 is 0 Å². The smallest absolute Gasteiger partial charge is 0.129 e. The SMILES string of the molecule is C=C/C=C(\C=C/NCCCC(C)=O)/C=C/c1ccc(NCC)c(-c2ccccc2C)c1. The third kappa shape index (κ3) is 8.13. The van der Waals surface area contributed by atoms with Crippen LogP contribution in [0.25, 0.3) is 17.2 Å². The van der Waals surface area contributed by atoms with E-state index in [4.69, 9.17) is 0 Å². The van der Waals surface area contributed by atoms with Gasteiger partial charge in [0, 0.05) is 30.8 Å². The van der Waals surface area contributed by atoms with E-state index in [2.05, 4.69) is 85.7 Å². The average Bonchev–Trinajstić information content (AvgIpc) is 2.75. The second-order valence-corrected chi connectivity index (χ2v) is 7.48. The number of ketones is 1. The van der Waals surface area contributed by atoms with Gasteiger partial charge in [-0.1, -0.05) is 61.2 Å². The fourth-order valence-electron chi connectivity index (χ4n) is 3.28. The number of hydrogen-bond acceptors (Lipinski definition) is 3. The molecule has 0 aliphatic carbocycles. The molecular weight excluding hydrogens is 380 g/mol. The lowest BCUT2D eigenvalue weighted by Gasteiger charge is -2.14. The number of Topliss-reactive ketones (excluding diaryl/α,β-unsaturated/α-hetero) is 1. The van der Waals surface area contributed by atoms with Gasteiger partial charge in [-0.2, -0.15) is 0 Å². The van der Waals surface area contributed by atoms with Gasteiger partial charge in [0.2, 0.25) is 0 Å². The van der Waals surface area contributed by atoms with E-state index in [1.807, 2.05) is 18.4 Å². The zero-order valence-corrected chi connectivity index (χ0v) is 18.9. The second-order valence-electron chi connectivity index (χ2n) is 7.48. The van der Waals surface area contributed by atoms with Crippen molar-refractivity contribution in [2.24, 2.45) is 0 Å². The Labute approximate surface area is 187 Å². The molecule has 2 aromatic rings. The van der Waals surface area contributed by atoms with Crippen molar-refractivity contribution in [1.29, 1.82) is 0 Å². The Morgan fingerprint density at radius 2 is 1.90 bits per heavy atom. The van der Waals surface area contributed by atoms with Crippen molar-refractivity contribution >= 4 is 17.5 Å². The zero-order valence-electron chi connectivity index (χ0n) is 18.9. The number of allylic oxidation sites excluding steroid dienone is 5. The Balaban J connectivity index is 2.18. The minimum Gasteiger partial charge on any atom is -0.391 e. The van der Waals surface area contributed by atoms with Crippen molar-refractivity contribution in [2.45, 2.75) is 33.6 Å². The molecule has 0 atom stereocenters. The van der Waals surface area contributed by atoms with Crippen LogP contribution in [0.15, 0.2) is 85.1 Å². The molecule has 3 heteroatoms. The van der Waals surface area contributed by atoms with Crippen molar-refractivity contribution in [2.75, 3.05) is 18.4 Å². The highest BCUT2D eigenvalue weighted by Gasteiger charge is 2.07. The molecule has 0 heterocycles. The summed E-state index contributed by atoms with van der Waals surface area (Å²) in [7, 11) is 0. The number of nitrogens with one attached hydrogen (secondary N) is 2. The van der Waals surface area contributed by atoms with Gasteiger partial charge < -0.3 is 15.4 Å². The summed E-state index contributed by atoms with van der Waals surface area (Å²) < 4.78 is 0. The van der Waals surface area contributed by atoms with Gasteiger partial charge in [0.05, 0.1) is 0 Å². The van der Waals surface area contributed by atoms with Gasteiger partial charge >= 0.3 is 0 Å². The van der Waals surface area contributed by atoms with Crippen molar-refractivity contribution < 1.29 is 4.79 Å². The predicted molar refractivity (Wildman–Crippen MR) is 135 cm³/mol. The van der Waals surface area contributed by atoms with Crippen molar-refractivity contribution in [3.05, 3.63) is 96.2 Å². The lowest BCUT2D eigenvalue weighted by Crippen LogP contribution is -2.08. The van der Waals surface area contributed by atoms with E-state index in [1.165, 1.54) is 16.7 Å². The van der Waals surface area contributed by atoms with Gasteiger partial charge in [-0.05, 0) is 73.9 Å². The van der Waals surface area contributed by atoms with E-state index in [-0.39, 0.29) is 5.78 Å². The molecule has 0 bridgehead atoms. The summed E-state index contributed by atoms with van der Waals surface area (Å²) in [5, 5.41) is 6.71. The first kappa shape index (κ1) is 23.9. The van der Waals surface area contributed by atoms with Crippen LogP contribution in [-0.4, -0.2) is 18.9 Å². The highest BCUT2D eigenvalue weighted by atomic mass is 16.1. The molecule has 0 aromatic heterocycles. The molecule has 2 rings (SSSR count). The van der Waals surface area contributed by atoms with Crippen molar-refractivity contribution in [3.63, 3.8) is 0 Å². The Hall–Kier alpha value is -3.33. The normalized spacial score (nSPS) is 11.8. The molecule has 0 radical (unpaired) electrons. The van der Waals surface area contributed by atoms with Crippen LogP contribution in [0.5, 0.6) is 0 Å². The number of carbonyl (C=O) groups excluding carboxylic acids is 1. The quantitative estimate of drug-likeness (QED) is 0.300. The molecule has 0 fully saturated rings. The predicted octanol–water partition coefficient (Wildman–Crippen LogP) is 6.69. The van der Waals surface area contributed by atoms with Crippen LogP contribution in [0, 0.1) is 6.92 Å². The Morgan fingerprint density at radius 1 is 1.10 bits per heavy atom. The monoisotopic (exact) mass is 414 g/mol. The first-order valence-electron chi connectivity index (χ1n) is 10.9. The molecule has 0 saturated heterocycles. The number of benzene rings is 2. The zero-order chi connectivity index (χ0) is 22.5. The summed E-state index contributed by atoms with van der Waals surface area (Å²) in [5.74, 6) is 0.228. The number of aryl methyl sites for hydroxylation is 1. The van der Waals surface area contributed by atoms with E-state index in [0.717, 1.165) is 36.3 Å². The number of anilines is 1. The van der Waals surface area contributed by atoms with E-state index >= 15 is 0 Å². The summed E-state index contributed by atoms with van der Waals surface area (Å²) in [6.07, 6.45) is 13.4. The largest absolute Gasteiger partial charge is 0.391 e. The molecule has 3 nitrogen and oxygen atoms in total. The summed E-state index contributed by atoms with van der Waals surface area (Å²) in [4.78, 5) is 11.0. The standard InChI is InChI=1S/C28H34N2O/c1-5-10-24(18-20-29-19-9-12-23(4)31)14-15-25-16-17-28(30-6-2)27(21-25)26-13-8-7-11-22(26)3/h5,7-8,10-11,13-18,20-21,29-30H,1,6,9,12,19H2,2-4H3/b15-14+,20-18-,24-10-. The first-order chi connectivity index (χ1) is 15.0. The van der Waals surface area contributed by atoms with Crippen molar-refractivity contribution in [3.8, 4) is 11.1 Å². The average molecular weight is 415 g/mol. The van der Waals surface area contributed by atoms with Gasteiger partial charge in [0.25, 0.3) is 0 Å². The maximum Gasteiger partial charge on any atom is 0.129 e. The molecule has 0 unspecified atom stereocenters. The Bertz CT molecular complexity index is 967. The maximum absolute atomic E-state index is 11.0. The fourth-order valence-corrected chi connectivity index (χ4v) is 3.28. The molecule has 0 aliphatic rings. The molecular formula is C28H34N2O. The lowest BCUT2D eigenvalue weighted by atomic mass is 9.96. The molecule has 2 N–H and O–H groups in total. The summed E-state index contributed by atoms with van der Waals surface area (Å²) in [5.41, 5.74) is 7.03. The second kappa shape index (κ2) is 13.1. The van der Waals surface area contributed by atoms with Crippen LogP contribution in [0.3, 0.4) is 0 Å². The van der Waals surface area contributed by atoms with Crippen LogP contribution < -0.4 is 10.6 Å². The Morgan fingerprint density at radius 3 is 2.61 bits per heavy atom. The molecule has 0 amide bonds. The van der Waals surface area contributed by atoms with Gasteiger partial charge in [0.1, 0.15) is 5.78 Å². The summed E-state index contributed by atoms with van der Waals surface area (Å²) in [6.45, 7) is 11.4. The Kier molecular flexibility index (Phi) is 10.1. The van der Waals surface area contributed by atoms with Crippen LogP contribution in [0.2, 0.25) is 0 Å². The van der Waals surface area contributed by atoms with Gasteiger partial charge in [0.15, 0.2) is 0 Å². The highest BCUT2D eigenvalue weighted by molar-refractivity contribution is 5.82. The fraction of sp³-hybridized carbons (Fsp3) is 0.250. The van der Waals surface area contributed by atoms with E-state index < -0.39 is 0 Å². The third-order valence-corrected chi connectivity index (χ3v) is 4.87. The third-order valence-electron chi connectivity index (χ3n) is 4.87. The van der Waals surface area contributed by atoms with Crippen LogP contribution in [0.1, 0.15) is 37.8 Å². The summed E-state index contributed by atoms with van der Waals surface area (Å²) in [6, 6.07) is 15.0. The first-order valence-corrected chi connectivity index (χ1v) is 10.9. The minimum absolute atomic E-state index is 0.228. The highest BCUT2D eigenvalue weighted by Crippen LogP contribution is 2.32. The van der Waals surface area contributed by atoms with Crippen LogP contribution in [-0.2, 0) is 4.79 Å². The van der Waals surface area contributed by atoms with Crippen LogP contribution in [0.4, 0.5) is 5.69 Å². The maximum atomic E-state index is 11.0. The number of rotatable bonds is 12. The van der Waals surface area contributed by atoms with E-state index in [9.17, 15) is 4.79 Å². The summed E-state index contributed by atoms with van der Waals surface area (Å²) >= 11 is 0. The molecule has 0 saturated carbocycles. The molecule has 162 valence electrons. The minimum atomic E-state index is 0.228. The van der Waals surface area contributed by atoms with E-state index in [0.29, 0.717) is 6.42 Å². The van der Waals surface area contributed by atoms with Crippen molar-refractivity contribution in [1.82, 2.24) is 5.32 Å². The molecule has 0 aliphatic heterocycles. The van der Waals surface area contributed by atoms with Gasteiger partial charge in [-0.25, -0.2) is 0 Å². The lowest BCUT2D eigenvalue weighted by molar-refractivity contribution is -0.117. The molecule has 2 aromatic carbocycles. The van der Waals surface area contributed by atoms with Gasteiger partial charge in [-0.3, -0.25) is 0 Å². The topological polar surface area (TPSA) is 41.1 Å². The number of carbonyl (C=O) groups is 1. The molecule has 31 heavy (non-hydrogen) atoms. The molecule has 0 spiro atoms. The van der Waals surface area contributed by atoms with E-state index in [1.54, 1.807) is 13.0 Å².